The average Bonchev–Trinajstić information content (AvgIpc) is 2.99. The van der Waals surface area contributed by atoms with Crippen molar-refractivity contribution in [2.24, 2.45) is 0 Å². The summed E-state index contributed by atoms with van der Waals surface area (Å²) in [5.41, 5.74) is 0. The highest BCUT2D eigenvalue weighted by Gasteiger charge is 2.21. The van der Waals surface area contributed by atoms with Crippen molar-refractivity contribution >= 4 is 27.3 Å². The van der Waals surface area contributed by atoms with Crippen molar-refractivity contribution in [3.63, 3.8) is 0 Å². The predicted octanol–water partition coefficient (Wildman–Crippen LogP) is 3.82. The SMILES string of the molecule is CCCNC(c1sccc1Br)c1nccn1CC. The van der Waals surface area contributed by atoms with E-state index in [0.717, 1.165) is 29.8 Å². The van der Waals surface area contributed by atoms with Crippen molar-refractivity contribution in [1.29, 1.82) is 0 Å². The van der Waals surface area contributed by atoms with Crippen LogP contribution in [0.1, 0.15) is 37.0 Å². The lowest BCUT2D eigenvalue weighted by Crippen LogP contribution is -2.25. The Kier molecular flexibility index (Phi) is 4.97. The van der Waals surface area contributed by atoms with Crippen LogP contribution in [0.3, 0.4) is 0 Å². The standard InChI is InChI=1S/C13H18BrN3S/c1-3-6-15-11(12-10(14)5-9-18-12)13-16-7-8-17(13)4-2/h5,7-9,11,15H,3-4,6H2,1-2H3. The number of aryl methyl sites for hydroxylation is 1. The Bertz CT molecular complexity index is 492. The van der Waals surface area contributed by atoms with Crippen molar-refractivity contribution in [1.82, 2.24) is 14.9 Å². The van der Waals surface area contributed by atoms with Crippen LogP contribution in [-0.2, 0) is 6.54 Å². The molecule has 2 rings (SSSR count). The maximum atomic E-state index is 4.52. The molecule has 1 N–H and O–H groups in total. The summed E-state index contributed by atoms with van der Waals surface area (Å²) in [6.45, 7) is 6.26. The lowest BCUT2D eigenvalue weighted by atomic mass is 10.2. The second-order valence-electron chi connectivity index (χ2n) is 4.09. The van der Waals surface area contributed by atoms with E-state index in [9.17, 15) is 0 Å². The Labute approximate surface area is 120 Å². The quantitative estimate of drug-likeness (QED) is 0.874. The molecule has 0 spiro atoms. The number of nitrogens with zero attached hydrogens (tertiary/aromatic N) is 2. The minimum Gasteiger partial charge on any atom is -0.334 e. The maximum Gasteiger partial charge on any atom is 0.131 e. The van der Waals surface area contributed by atoms with Crippen LogP contribution < -0.4 is 5.32 Å². The fraction of sp³-hybridized carbons (Fsp3) is 0.462. The van der Waals surface area contributed by atoms with Crippen LogP contribution in [-0.4, -0.2) is 16.1 Å². The molecule has 0 fully saturated rings. The topological polar surface area (TPSA) is 29.9 Å². The Hall–Kier alpha value is -0.650. The van der Waals surface area contributed by atoms with E-state index in [-0.39, 0.29) is 6.04 Å². The fourth-order valence-corrected chi connectivity index (χ4v) is 3.62. The summed E-state index contributed by atoms with van der Waals surface area (Å²) in [6.07, 6.45) is 5.03. The molecule has 2 aromatic rings. The van der Waals surface area contributed by atoms with E-state index in [4.69, 9.17) is 0 Å². The molecule has 0 aliphatic rings. The van der Waals surface area contributed by atoms with Gasteiger partial charge in [-0.1, -0.05) is 6.92 Å². The van der Waals surface area contributed by atoms with Gasteiger partial charge in [0, 0.05) is 28.3 Å². The van der Waals surface area contributed by atoms with Crippen LogP contribution in [0, 0.1) is 0 Å². The summed E-state index contributed by atoms with van der Waals surface area (Å²) < 4.78 is 3.35. The number of hydrogen-bond acceptors (Lipinski definition) is 3. The molecule has 0 radical (unpaired) electrons. The first-order chi connectivity index (χ1) is 8.77. The van der Waals surface area contributed by atoms with Crippen molar-refractivity contribution < 1.29 is 0 Å². The second-order valence-corrected chi connectivity index (χ2v) is 5.89. The largest absolute Gasteiger partial charge is 0.334 e. The molecule has 2 heterocycles. The van der Waals surface area contributed by atoms with Crippen LogP contribution >= 0.6 is 27.3 Å². The van der Waals surface area contributed by atoms with Gasteiger partial charge in [0.25, 0.3) is 0 Å². The monoisotopic (exact) mass is 327 g/mol. The first-order valence-electron chi connectivity index (χ1n) is 6.25. The zero-order valence-electron chi connectivity index (χ0n) is 10.7. The van der Waals surface area contributed by atoms with Crippen LogP contribution in [0.25, 0.3) is 0 Å². The number of rotatable bonds is 6. The summed E-state index contributed by atoms with van der Waals surface area (Å²) in [7, 11) is 0. The van der Waals surface area contributed by atoms with Crippen LogP contribution in [0.5, 0.6) is 0 Å². The molecule has 0 aliphatic heterocycles. The van der Waals surface area contributed by atoms with Crippen molar-refractivity contribution in [2.75, 3.05) is 6.54 Å². The van der Waals surface area contributed by atoms with E-state index >= 15 is 0 Å². The molecule has 0 saturated carbocycles. The number of hydrogen-bond donors (Lipinski definition) is 1. The van der Waals surface area contributed by atoms with Gasteiger partial charge in [-0.25, -0.2) is 4.98 Å². The Morgan fingerprint density at radius 2 is 2.33 bits per heavy atom. The number of aromatic nitrogens is 2. The van der Waals surface area contributed by atoms with Gasteiger partial charge in [0.1, 0.15) is 11.9 Å². The lowest BCUT2D eigenvalue weighted by Gasteiger charge is -2.18. The highest BCUT2D eigenvalue weighted by molar-refractivity contribution is 9.10. The zero-order chi connectivity index (χ0) is 13.0. The summed E-state index contributed by atoms with van der Waals surface area (Å²) in [5.74, 6) is 1.09. The molecule has 1 atom stereocenters. The van der Waals surface area contributed by atoms with Gasteiger partial charge < -0.3 is 9.88 Å². The van der Waals surface area contributed by atoms with E-state index in [0.29, 0.717) is 0 Å². The molecule has 2 aromatic heterocycles. The zero-order valence-corrected chi connectivity index (χ0v) is 13.1. The molecule has 0 saturated heterocycles. The highest BCUT2D eigenvalue weighted by Crippen LogP contribution is 2.32. The van der Waals surface area contributed by atoms with Crippen LogP contribution in [0.2, 0.25) is 0 Å². The number of thiophene rings is 1. The van der Waals surface area contributed by atoms with E-state index in [1.165, 1.54) is 4.88 Å². The van der Waals surface area contributed by atoms with E-state index in [1.807, 2.05) is 12.4 Å². The first-order valence-corrected chi connectivity index (χ1v) is 7.92. The smallest absolute Gasteiger partial charge is 0.131 e. The minimum atomic E-state index is 0.175. The van der Waals surface area contributed by atoms with Gasteiger partial charge in [0.2, 0.25) is 0 Å². The van der Waals surface area contributed by atoms with Gasteiger partial charge in [-0.15, -0.1) is 11.3 Å². The summed E-state index contributed by atoms with van der Waals surface area (Å²) in [4.78, 5) is 5.82. The maximum absolute atomic E-state index is 4.52. The van der Waals surface area contributed by atoms with Crippen molar-refractivity contribution in [3.05, 3.63) is 39.0 Å². The fourth-order valence-electron chi connectivity index (χ4n) is 1.95. The van der Waals surface area contributed by atoms with E-state index < -0.39 is 0 Å². The van der Waals surface area contributed by atoms with Crippen LogP contribution in [0.15, 0.2) is 28.3 Å². The Morgan fingerprint density at radius 3 is 2.94 bits per heavy atom. The second kappa shape index (κ2) is 6.50. The predicted molar refractivity (Wildman–Crippen MR) is 80.1 cm³/mol. The van der Waals surface area contributed by atoms with Crippen molar-refractivity contribution in [3.8, 4) is 0 Å². The molecule has 0 aromatic carbocycles. The van der Waals surface area contributed by atoms with Gasteiger partial charge >= 0.3 is 0 Å². The third kappa shape index (κ3) is 2.84. The molecule has 0 aliphatic carbocycles. The Balaban J connectivity index is 2.34. The van der Waals surface area contributed by atoms with Gasteiger partial charge in [-0.05, 0) is 47.3 Å². The molecule has 98 valence electrons. The van der Waals surface area contributed by atoms with E-state index in [1.54, 1.807) is 11.3 Å². The van der Waals surface area contributed by atoms with Crippen molar-refractivity contribution in [2.45, 2.75) is 32.9 Å². The molecule has 3 nitrogen and oxygen atoms in total. The highest BCUT2D eigenvalue weighted by atomic mass is 79.9. The minimum absolute atomic E-state index is 0.175. The van der Waals surface area contributed by atoms with E-state index in [2.05, 4.69) is 56.1 Å². The molecule has 18 heavy (non-hydrogen) atoms. The number of nitrogens with one attached hydrogen (secondary N) is 1. The summed E-state index contributed by atoms with van der Waals surface area (Å²) >= 11 is 5.39. The molecular formula is C13H18BrN3S. The molecule has 5 heteroatoms. The van der Waals surface area contributed by atoms with Gasteiger partial charge in [-0.3, -0.25) is 0 Å². The third-order valence-electron chi connectivity index (χ3n) is 2.85. The Morgan fingerprint density at radius 1 is 1.50 bits per heavy atom. The molecular weight excluding hydrogens is 310 g/mol. The molecule has 1 unspecified atom stereocenters. The average molecular weight is 328 g/mol. The van der Waals surface area contributed by atoms with Gasteiger partial charge in [0.05, 0.1) is 0 Å². The number of imidazole rings is 1. The molecule has 0 bridgehead atoms. The van der Waals surface area contributed by atoms with Gasteiger partial charge in [0.15, 0.2) is 0 Å². The molecule has 0 amide bonds. The van der Waals surface area contributed by atoms with Crippen LogP contribution in [0.4, 0.5) is 0 Å². The summed E-state index contributed by atoms with van der Waals surface area (Å²) in [6, 6.07) is 2.27. The summed E-state index contributed by atoms with van der Waals surface area (Å²) in [5, 5.41) is 5.70. The third-order valence-corrected chi connectivity index (χ3v) is 4.79. The first kappa shape index (κ1) is 13.8. The van der Waals surface area contributed by atoms with Gasteiger partial charge in [-0.2, -0.15) is 0 Å². The lowest BCUT2D eigenvalue weighted by molar-refractivity contribution is 0.546. The number of halogens is 1. The normalized spacial score (nSPS) is 12.8.